The van der Waals surface area contributed by atoms with Crippen molar-refractivity contribution in [3.8, 4) is 11.5 Å². The molecule has 0 radical (unpaired) electrons. The molecule has 1 fully saturated rings. The first kappa shape index (κ1) is 23.3. The van der Waals surface area contributed by atoms with E-state index < -0.39 is 5.91 Å². The Morgan fingerprint density at radius 3 is 2.86 bits per heavy atom. The fourth-order valence-electron chi connectivity index (χ4n) is 3.84. The van der Waals surface area contributed by atoms with Crippen molar-refractivity contribution in [1.82, 2.24) is 19.9 Å². The number of piperidine rings is 1. The maximum atomic E-state index is 13.1. The number of nitrogens with one attached hydrogen (secondary N) is 2. The largest absolute Gasteiger partial charge is 0.444 e. The summed E-state index contributed by atoms with van der Waals surface area (Å²) in [6, 6.07) is 3.40. The number of aliphatic hydroxyl groups is 1. The van der Waals surface area contributed by atoms with E-state index in [2.05, 4.69) is 30.5 Å². The van der Waals surface area contributed by atoms with Crippen LogP contribution in [-0.2, 0) is 0 Å². The zero-order valence-corrected chi connectivity index (χ0v) is 20.2. The molecule has 0 aromatic carbocycles. The second kappa shape index (κ2) is 10.0. The molecule has 0 bridgehead atoms. The zero-order valence-electron chi connectivity index (χ0n) is 18.6. The van der Waals surface area contributed by atoms with Gasteiger partial charge in [-0.1, -0.05) is 22.9 Å². The molecule has 4 aromatic heterocycles. The number of nitrogen functional groups attached to an aromatic ring is 1. The van der Waals surface area contributed by atoms with Gasteiger partial charge >= 0.3 is 0 Å². The number of aliphatic hydroxyl groups excluding tert-OH is 1. The van der Waals surface area contributed by atoms with Crippen LogP contribution in [0.1, 0.15) is 29.8 Å². The number of rotatable bonds is 7. The van der Waals surface area contributed by atoms with E-state index in [-0.39, 0.29) is 24.0 Å². The maximum absolute atomic E-state index is 13.1. The van der Waals surface area contributed by atoms with Crippen molar-refractivity contribution in [3.05, 3.63) is 35.3 Å². The number of hydrogen-bond donors (Lipinski definition) is 4. The number of hydrogen-bond acceptors (Lipinski definition) is 11. The van der Waals surface area contributed by atoms with Crippen LogP contribution in [0.5, 0.6) is 0 Å². The van der Waals surface area contributed by atoms with Crippen LogP contribution < -0.4 is 21.3 Å². The van der Waals surface area contributed by atoms with Crippen molar-refractivity contribution in [2.24, 2.45) is 0 Å². The van der Waals surface area contributed by atoms with Crippen LogP contribution in [0.4, 0.5) is 22.5 Å². The Labute approximate surface area is 209 Å². The number of nitrogens with two attached hydrogens (primary N) is 1. The van der Waals surface area contributed by atoms with E-state index >= 15 is 0 Å². The van der Waals surface area contributed by atoms with Crippen molar-refractivity contribution in [2.45, 2.75) is 19.3 Å². The Bertz CT molecular complexity index is 1370. The van der Waals surface area contributed by atoms with Crippen LogP contribution in [0.15, 0.2) is 29.0 Å². The average Bonchev–Trinajstić information content (AvgIpc) is 3.51. The molecule has 0 saturated carbocycles. The molecule has 182 valence electrons. The van der Waals surface area contributed by atoms with Crippen molar-refractivity contribution in [1.29, 1.82) is 0 Å². The predicted molar refractivity (Wildman–Crippen MR) is 136 cm³/mol. The minimum atomic E-state index is -0.444. The number of amides is 1. The number of anilines is 4. The van der Waals surface area contributed by atoms with E-state index in [0.29, 0.717) is 39.4 Å². The molecule has 1 aliphatic heterocycles. The summed E-state index contributed by atoms with van der Waals surface area (Å²) in [5.41, 5.74) is 7.43. The van der Waals surface area contributed by atoms with Crippen LogP contribution in [-0.4, -0.2) is 57.2 Å². The molecule has 0 spiro atoms. The Hall–Kier alpha value is -3.48. The third-order valence-corrected chi connectivity index (χ3v) is 6.75. The first-order valence-electron chi connectivity index (χ1n) is 11.1. The van der Waals surface area contributed by atoms with Gasteiger partial charge in [-0.25, -0.2) is 19.9 Å². The second-order valence-corrected chi connectivity index (χ2v) is 9.42. The summed E-state index contributed by atoms with van der Waals surface area (Å²) in [4.78, 5) is 32.8. The smallest absolute Gasteiger partial charge is 0.277 e. The van der Waals surface area contributed by atoms with Gasteiger partial charge in [-0.15, -0.1) is 0 Å². The van der Waals surface area contributed by atoms with Gasteiger partial charge in [0.15, 0.2) is 22.3 Å². The third kappa shape index (κ3) is 4.99. The lowest BCUT2D eigenvalue weighted by Gasteiger charge is -2.29. The van der Waals surface area contributed by atoms with Gasteiger partial charge in [0, 0.05) is 25.8 Å². The van der Waals surface area contributed by atoms with Gasteiger partial charge < -0.3 is 30.8 Å². The standard InChI is InChI=1S/C22H23ClN8O3S/c23-13-10-26-17(24)8-12(13)21-28-15(11-34-21)20(33)27-14-9-16-18(30-22(35-16)25-4-7-32)29-19(14)31-5-2-1-3-6-31/h8-11,32H,1-7H2,(H2,24,26)(H,27,33)(H,25,29,30). The normalized spacial score (nSPS) is 13.8. The summed E-state index contributed by atoms with van der Waals surface area (Å²) >= 11 is 7.59. The number of fused-ring (bicyclic) bond motifs is 1. The van der Waals surface area contributed by atoms with Crippen LogP contribution in [0, 0.1) is 0 Å². The molecule has 35 heavy (non-hydrogen) atoms. The molecule has 0 atom stereocenters. The van der Waals surface area contributed by atoms with Crippen molar-refractivity contribution < 1.29 is 14.3 Å². The van der Waals surface area contributed by atoms with Crippen molar-refractivity contribution in [3.63, 3.8) is 0 Å². The van der Waals surface area contributed by atoms with E-state index in [1.807, 2.05) is 6.07 Å². The molecular weight excluding hydrogens is 492 g/mol. The van der Waals surface area contributed by atoms with Crippen molar-refractivity contribution in [2.75, 3.05) is 47.5 Å². The molecule has 5 rings (SSSR count). The summed E-state index contributed by atoms with van der Waals surface area (Å²) < 4.78 is 6.31. The monoisotopic (exact) mass is 514 g/mol. The highest BCUT2D eigenvalue weighted by Crippen LogP contribution is 2.34. The number of thiazole rings is 1. The molecule has 4 aromatic rings. The fraction of sp³-hybridized carbons (Fsp3) is 0.318. The summed E-state index contributed by atoms with van der Waals surface area (Å²) in [5.74, 6) is 0.650. The second-order valence-electron chi connectivity index (χ2n) is 7.98. The number of carbonyl (C=O) groups is 1. The highest BCUT2D eigenvalue weighted by Gasteiger charge is 2.22. The first-order chi connectivity index (χ1) is 17.0. The summed E-state index contributed by atoms with van der Waals surface area (Å²) in [7, 11) is 0. The average molecular weight is 515 g/mol. The van der Waals surface area contributed by atoms with Gasteiger partial charge in [0.2, 0.25) is 5.89 Å². The van der Waals surface area contributed by atoms with Gasteiger partial charge in [0.05, 0.1) is 27.6 Å². The SMILES string of the molecule is Nc1cc(-c2nc(C(=O)Nc3cc4sc(NCCO)nc4nc3N3CCCCC3)co2)c(Cl)cn1. The van der Waals surface area contributed by atoms with Crippen LogP contribution in [0.3, 0.4) is 0 Å². The summed E-state index contributed by atoms with van der Waals surface area (Å²) in [6.07, 6.45) is 5.94. The molecular formula is C22H23ClN8O3S. The summed E-state index contributed by atoms with van der Waals surface area (Å²) in [6.45, 7) is 2.08. The molecule has 13 heteroatoms. The van der Waals surface area contributed by atoms with Crippen LogP contribution >= 0.6 is 22.9 Å². The molecule has 5 N–H and O–H groups in total. The van der Waals surface area contributed by atoms with E-state index in [1.54, 1.807) is 0 Å². The van der Waals surface area contributed by atoms with E-state index in [1.165, 1.54) is 29.9 Å². The first-order valence-corrected chi connectivity index (χ1v) is 12.3. The third-order valence-electron chi connectivity index (χ3n) is 5.50. The Morgan fingerprint density at radius 2 is 2.06 bits per heavy atom. The van der Waals surface area contributed by atoms with E-state index in [4.69, 9.17) is 31.8 Å². The van der Waals surface area contributed by atoms with Gasteiger partial charge in [-0.2, -0.15) is 0 Å². The van der Waals surface area contributed by atoms with Gasteiger partial charge in [0.25, 0.3) is 5.91 Å². The number of nitrogens with zero attached hydrogens (tertiary/aromatic N) is 5. The number of halogens is 1. The van der Waals surface area contributed by atoms with Crippen molar-refractivity contribution >= 4 is 61.6 Å². The van der Waals surface area contributed by atoms with Gasteiger partial charge in [-0.05, 0) is 31.4 Å². The zero-order chi connectivity index (χ0) is 24.4. The fourth-order valence-corrected chi connectivity index (χ4v) is 4.90. The summed E-state index contributed by atoms with van der Waals surface area (Å²) in [5, 5.41) is 16.1. The van der Waals surface area contributed by atoms with Crippen LogP contribution in [0.2, 0.25) is 5.02 Å². The Kier molecular flexibility index (Phi) is 6.66. The molecule has 0 unspecified atom stereocenters. The Balaban J connectivity index is 1.45. The lowest BCUT2D eigenvalue weighted by Crippen LogP contribution is -2.31. The molecule has 5 heterocycles. The topological polar surface area (TPSA) is 155 Å². The van der Waals surface area contributed by atoms with E-state index in [9.17, 15) is 4.79 Å². The van der Waals surface area contributed by atoms with Gasteiger partial charge in [0.1, 0.15) is 12.1 Å². The number of aromatic nitrogens is 4. The Morgan fingerprint density at radius 1 is 1.23 bits per heavy atom. The molecule has 1 aliphatic rings. The van der Waals surface area contributed by atoms with Gasteiger partial charge in [-0.3, -0.25) is 4.79 Å². The lowest BCUT2D eigenvalue weighted by atomic mass is 10.1. The highest BCUT2D eigenvalue weighted by atomic mass is 35.5. The number of oxazole rings is 1. The molecule has 11 nitrogen and oxygen atoms in total. The van der Waals surface area contributed by atoms with Crippen LogP contribution in [0.25, 0.3) is 21.8 Å². The quantitative estimate of drug-likeness (QED) is 0.287. The van der Waals surface area contributed by atoms with E-state index in [0.717, 1.165) is 37.1 Å². The molecule has 1 amide bonds. The number of carbonyl (C=O) groups excluding carboxylic acids is 1. The molecule has 0 aliphatic carbocycles. The number of pyridine rings is 2. The maximum Gasteiger partial charge on any atom is 0.277 e. The minimum Gasteiger partial charge on any atom is -0.444 e. The highest BCUT2D eigenvalue weighted by molar-refractivity contribution is 7.22. The lowest BCUT2D eigenvalue weighted by molar-refractivity contribution is 0.102. The molecule has 1 saturated heterocycles. The predicted octanol–water partition coefficient (Wildman–Crippen LogP) is 3.62. The minimum absolute atomic E-state index is 0.000670.